The van der Waals surface area contributed by atoms with Crippen LogP contribution in [0.5, 0.6) is 5.88 Å². The van der Waals surface area contributed by atoms with E-state index in [0.717, 1.165) is 30.5 Å². The lowest BCUT2D eigenvalue weighted by Crippen LogP contribution is -2.21. The molecule has 2 heterocycles. The zero-order chi connectivity index (χ0) is 14.8. The van der Waals surface area contributed by atoms with E-state index in [9.17, 15) is 4.79 Å². The first-order valence-electron chi connectivity index (χ1n) is 6.76. The van der Waals surface area contributed by atoms with E-state index >= 15 is 0 Å². The lowest BCUT2D eigenvalue weighted by molar-refractivity contribution is -0.142. The van der Waals surface area contributed by atoms with Gasteiger partial charge in [-0.3, -0.25) is 0 Å². The summed E-state index contributed by atoms with van der Waals surface area (Å²) in [6.07, 6.45) is 2.97. The van der Waals surface area contributed by atoms with E-state index in [2.05, 4.69) is 14.7 Å². The smallest absolute Gasteiger partial charge is 0.334 e. The number of pyridine rings is 1. The lowest BCUT2D eigenvalue weighted by atomic mass is 10.2. The number of fused-ring (bicyclic) bond motifs is 1. The SMILES string of the molecule is COC(=O)C1COC(COc2cc(Cl)c3c(n2)CCC3)=N1. The first kappa shape index (κ1) is 14.1. The van der Waals surface area contributed by atoms with E-state index < -0.39 is 12.0 Å². The minimum atomic E-state index is -0.606. The van der Waals surface area contributed by atoms with Gasteiger partial charge in [-0.25, -0.2) is 14.8 Å². The number of ether oxygens (including phenoxy) is 3. The van der Waals surface area contributed by atoms with E-state index in [-0.39, 0.29) is 13.2 Å². The first-order valence-corrected chi connectivity index (χ1v) is 7.13. The molecule has 112 valence electrons. The molecule has 1 aromatic rings. The van der Waals surface area contributed by atoms with Crippen LogP contribution < -0.4 is 4.74 Å². The van der Waals surface area contributed by atoms with Gasteiger partial charge in [0, 0.05) is 11.8 Å². The van der Waals surface area contributed by atoms with Gasteiger partial charge >= 0.3 is 5.97 Å². The predicted molar refractivity (Wildman–Crippen MR) is 76.0 cm³/mol. The van der Waals surface area contributed by atoms with Crippen LogP contribution >= 0.6 is 11.6 Å². The highest BCUT2D eigenvalue weighted by Gasteiger charge is 2.27. The van der Waals surface area contributed by atoms with Gasteiger partial charge in [0.05, 0.1) is 12.1 Å². The third-order valence-corrected chi connectivity index (χ3v) is 3.83. The Balaban J connectivity index is 1.64. The number of aryl methyl sites for hydroxylation is 1. The first-order chi connectivity index (χ1) is 10.2. The fourth-order valence-electron chi connectivity index (χ4n) is 2.44. The molecule has 0 spiro atoms. The lowest BCUT2D eigenvalue weighted by Gasteiger charge is -2.08. The molecular weight excluding hydrogens is 296 g/mol. The van der Waals surface area contributed by atoms with Crippen molar-refractivity contribution in [3.63, 3.8) is 0 Å². The molecule has 0 saturated heterocycles. The van der Waals surface area contributed by atoms with Gasteiger partial charge in [0.15, 0.2) is 12.6 Å². The van der Waals surface area contributed by atoms with Gasteiger partial charge in [0.25, 0.3) is 0 Å². The molecule has 7 heteroatoms. The van der Waals surface area contributed by atoms with Gasteiger partial charge in [-0.05, 0) is 24.8 Å². The minimum absolute atomic E-state index is 0.121. The predicted octanol–water partition coefficient (Wildman–Crippen LogP) is 1.57. The Labute approximate surface area is 127 Å². The fraction of sp³-hybridized carbons (Fsp3) is 0.500. The molecule has 0 fully saturated rings. The second-order valence-corrected chi connectivity index (χ2v) is 5.29. The molecule has 2 aliphatic rings. The number of aromatic nitrogens is 1. The van der Waals surface area contributed by atoms with Gasteiger partial charge in [-0.2, -0.15) is 0 Å². The number of esters is 1. The summed E-state index contributed by atoms with van der Waals surface area (Å²) in [6.45, 7) is 0.305. The van der Waals surface area contributed by atoms with Crippen LogP contribution in [0, 0.1) is 0 Å². The summed E-state index contributed by atoms with van der Waals surface area (Å²) in [7, 11) is 1.32. The maximum atomic E-state index is 11.3. The summed E-state index contributed by atoms with van der Waals surface area (Å²) in [5, 5.41) is 0.689. The van der Waals surface area contributed by atoms with Crippen LogP contribution in [0.2, 0.25) is 5.02 Å². The van der Waals surface area contributed by atoms with Crippen LogP contribution in [0.4, 0.5) is 0 Å². The molecule has 1 aliphatic heterocycles. The van der Waals surface area contributed by atoms with E-state index in [1.54, 1.807) is 6.07 Å². The van der Waals surface area contributed by atoms with Crippen molar-refractivity contribution >= 4 is 23.5 Å². The van der Waals surface area contributed by atoms with Crippen molar-refractivity contribution < 1.29 is 19.0 Å². The number of carbonyl (C=O) groups is 1. The number of methoxy groups -OCH3 is 1. The van der Waals surface area contributed by atoms with Crippen molar-refractivity contribution in [2.45, 2.75) is 25.3 Å². The highest BCUT2D eigenvalue weighted by atomic mass is 35.5. The summed E-state index contributed by atoms with van der Waals surface area (Å²) >= 11 is 6.21. The van der Waals surface area contributed by atoms with Gasteiger partial charge < -0.3 is 14.2 Å². The molecule has 0 aromatic carbocycles. The molecule has 3 rings (SSSR count). The molecule has 0 saturated carbocycles. The maximum absolute atomic E-state index is 11.3. The van der Waals surface area contributed by atoms with Crippen molar-refractivity contribution in [2.24, 2.45) is 4.99 Å². The van der Waals surface area contributed by atoms with Crippen LogP contribution in [0.1, 0.15) is 17.7 Å². The van der Waals surface area contributed by atoms with Crippen molar-refractivity contribution in [3.8, 4) is 5.88 Å². The van der Waals surface area contributed by atoms with E-state index in [0.29, 0.717) is 16.8 Å². The number of aliphatic imine (C=N–C) groups is 1. The van der Waals surface area contributed by atoms with E-state index in [1.807, 2.05) is 0 Å². The third kappa shape index (κ3) is 2.95. The van der Waals surface area contributed by atoms with Crippen LogP contribution in [-0.2, 0) is 27.1 Å². The maximum Gasteiger partial charge on any atom is 0.334 e. The van der Waals surface area contributed by atoms with Gasteiger partial charge in [-0.1, -0.05) is 11.6 Å². The standard InChI is InChI=1S/C14H15ClN2O4/c1-19-14(18)11-6-20-13(17-11)7-21-12-5-9(15)8-3-2-4-10(8)16-12/h5,11H,2-4,6-7H2,1H3. The number of halogens is 1. The van der Waals surface area contributed by atoms with Crippen LogP contribution in [0.3, 0.4) is 0 Å². The molecular formula is C14H15ClN2O4. The average molecular weight is 311 g/mol. The Bertz CT molecular complexity index is 603. The minimum Gasteiger partial charge on any atom is -0.476 e. The van der Waals surface area contributed by atoms with Crippen molar-refractivity contribution in [1.29, 1.82) is 0 Å². The molecule has 1 unspecified atom stereocenters. The number of rotatable bonds is 4. The third-order valence-electron chi connectivity index (χ3n) is 3.50. The Hall–Kier alpha value is -1.82. The van der Waals surface area contributed by atoms with Crippen molar-refractivity contribution in [1.82, 2.24) is 4.98 Å². The van der Waals surface area contributed by atoms with E-state index in [1.165, 1.54) is 7.11 Å². The summed E-state index contributed by atoms with van der Waals surface area (Å²) in [5.41, 5.74) is 2.11. The Morgan fingerprint density at radius 3 is 3.19 bits per heavy atom. The Morgan fingerprint density at radius 1 is 1.52 bits per heavy atom. The van der Waals surface area contributed by atoms with Gasteiger partial charge in [0.1, 0.15) is 6.61 Å². The molecule has 1 aliphatic carbocycles. The summed E-state index contributed by atoms with van der Waals surface area (Å²) in [5.74, 6) is 0.404. The monoisotopic (exact) mass is 310 g/mol. The van der Waals surface area contributed by atoms with Gasteiger partial charge in [-0.15, -0.1) is 0 Å². The molecule has 0 amide bonds. The number of hydrogen-bond donors (Lipinski definition) is 0. The molecule has 21 heavy (non-hydrogen) atoms. The largest absolute Gasteiger partial charge is 0.476 e. The number of hydrogen-bond acceptors (Lipinski definition) is 6. The van der Waals surface area contributed by atoms with Crippen LogP contribution in [-0.4, -0.2) is 43.2 Å². The molecule has 0 radical (unpaired) electrons. The highest BCUT2D eigenvalue weighted by molar-refractivity contribution is 6.31. The van der Waals surface area contributed by atoms with Crippen LogP contribution in [0.15, 0.2) is 11.1 Å². The topological polar surface area (TPSA) is 70.0 Å². The highest BCUT2D eigenvalue weighted by Crippen LogP contribution is 2.30. The summed E-state index contributed by atoms with van der Waals surface area (Å²) in [6, 6.07) is 1.10. The van der Waals surface area contributed by atoms with Gasteiger partial charge in [0.2, 0.25) is 11.8 Å². The summed E-state index contributed by atoms with van der Waals surface area (Å²) in [4.78, 5) is 19.9. The zero-order valence-electron chi connectivity index (χ0n) is 11.6. The molecule has 1 atom stereocenters. The molecule has 6 nitrogen and oxygen atoms in total. The normalized spacial score (nSPS) is 19.7. The molecule has 0 N–H and O–H groups in total. The fourth-order valence-corrected chi connectivity index (χ4v) is 2.73. The summed E-state index contributed by atoms with van der Waals surface area (Å²) < 4.78 is 15.5. The van der Waals surface area contributed by atoms with Crippen molar-refractivity contribution in [2.75, 3.05) is 20.3 Å². The molecule has 1 aromatic heterocycles. The second-order valence-electron chi connectivity index (χ2n) is 4.88. The quantitative estimate of drug-likeness (QED) is 0.790. The van der Waals surface area contributed by atoms with E-state index in [4.69, 9.17) is 21.1 Å². The number of carbonyl (C=O) groups excluding carboxylic acids is 1. The van der Waals surface area contributed by atoms with Crippen LogP contribution in [0.25, 0.3) is 0 Å². The Morgan fingerprint density at radius 2 is 2.38 bits per heavy atom. The number of nitrogens with zero attached hydrogens (tertiary/aromatic N) is 2. The van der Waals surface area contributed by atoms with Crippen molar-refractivity contribution in [3.05, 3.63) is 22.3 Å². The second kappa shape index (κ2) is 5.89. The molecule has 0 bridgehead atoms. The average Bonchev–Trinajstić information content (AvgIpc) is 3.13. The zero-order valence-corrected chi connectivity index (χ0v) is 12.4. The Kier molecular flexibility index (Phi) is 3.96.